The highest BCUT2D eigenvalue weighted by Crippen LogP contribution is 2.20. The number of benzene rings is 1. The van der Waals surface area contributed by atoms with E-state index in [1.54, 1.807) is 30.3 Å². The third-order valence-corrected chi connectivity index (χ3v) is 5.79. The summed E-state index contributed by atoms with van der Waals surface area (Å²) >= 11 is 0. The van der Waals surface area contributed by atoms with E-state index in [-0.39, 0.29) is 32.2 Å². The first-order valence-electron chi connectivity index (χ1n) is 11.5. The summed E-state index contributed by atoms with van der Waals surface area (Å²) in [4.78, 5) is 73.9. The van der Waals surface area contributed by atoms with E-state index in [4.69, 9.17) is 17.2 Å². The summed E-state index contributed by atoms with van der Waals surface area (Å²) in [6.07, 6.45) is 0.150. The Labute approximate surface area is 207 Å². The Bertz CT molecular complexity index is 986. The normalized spacial score (nSPS) is 17.5. The molecule has 0 radical (unpaired) electrons. The zero-order valence-corrected chi connectivity index (χ0v) is 19.7. The van der Waals surface area contributed by atoms with Crippen molar-refractivity contribution in [2.24, 2.45) is 17.2 Å². The predicted molar refractivity (Wildman–Crippen MR) is 127 cm³/mol. The van der Waals surface area contributed by atoms with Crippen molar-refractivity contribution in [2.75, 3.05) is 6.54 Å². The van der Waals surface area contributed by atoms with Crippen molar-refractivity contribution in [3.8, 4) is 0 Å². The number of carbonyl (C=O) groups excluding carboxylic acids is 5. The predicted octanol–water partition coefficient (Wildman–Crippen LogP) is -2.26. The van der Waals surface area contributed by atoms with Gasteiger partial charge in [-0.2, -0.15) is 0 Å². The van der Waals surface area contributed by atoms with E-state index in [9.17, 15) is 33.9 Å². The fourth-order valence-electron chi connectivity index (χ4n) is 3.93. The van der Waals surface area contributed by atoms with Crippen LogP contribution in [0.1, 0.15) is 37.7 Å². The van der Waals surface area contributed by atoms with Crippen LogP contribution in [-0.4, -0.2) is 76.2 Å². The van der Waals surface area contributed by atoms with Crippen molar-refractivity contribution < 1.29 is 33.9 Å². The number of rotatable bonds is 13. The first-order valence-corrected chi connectivity index (χ1v) is 11.5. The quantitative estimate of drug-likeness (QED) is 0.171. The molecule has 5 amide bonds. The van der Waals surface area contributed by atoms with Crippen LogP contribution >= 0.6 is 0 Å². The largest absolute Gasteiger partial charge is 0.480 e. The number of nitrogens with zero attached hydrogens (tertiary/aromatic N) is 1. The van der Waals surface area contributed by atoms with Gasteiger partial charge in [0.25, 0.3) is 0 Å². The Balaban J connectivity index is 2.20. The lowest BCUT2D eigenvalue weighted by Crippen LogP contribution is -2.57. The number of carbonyl (C=O) groups is 6. The van der Waals surface area contributed by atoms with Crippen LogP contribution in [0.3, 0.4) is 0 Å². The number of likely N-dealkylation sites (tertiary alicyclic amines) is 1. The molecule has 4 atom stereocenters. The summed E-state index contributed by atoms with van der Waals surface area (Å²) in [6, 6.07) is 4.21. The van der Waals surface area contributed by atoms with E-state index in [1.807, 2.05) is 0 Å². The summed E-state index contributed by atoms with van der Waals surface area (Å²) in [5.41, 5.74) is 16.8. The molecule has 1 saturated heterocycles. The number of primary amides is 2. The molecule has 0 aromatic heterocycles. The van der Waals surface area contributed by atoms with Gasteiger partial charge in [-0.3, -0.25) is 24.0 Å². The van der Waals surface area contributed by atoms with Gasteiger partial charge in [0.2, 0.25) is 29.5 Å². The number of carboxylic acids is 1. The highest BCUT2D eigenvalue weighted by atomic mass is 16.4. The second-order valence-electron chi connectivity index (χ2n) is 8.62. The molecule has 13 nitrogen and oxygen atoms in total. The highest BCUT2D eigenvalue weighted by Gasteiger charge is 2.39. The van der Waals surface area contributed by atoms with Crippen LogP contribution in [0, 0.1) is 0 Å². The average Bonchev–Trinajstić information content (AvgIpc) is 3.31. The molecule has 13 heteroatoms. The van der Waals surface area contributed by atoms with Crippen LogP contribution in [0.4, 0.5) is 0 Å². The van der Waals surface area contributed by atoms with E-state index in [0.29, 0.717) is 6.42 Å². The van der Waals surface area contributed by atoms with Gasteiger partial charge in [-0.05, 0) is 24.8 Å². The zero-order chi connectivity index (χ0) is 26.8. The van der Waals surface area contributed by atoms with Crippen LogP contribution in [0.5, 0.6) is 0 Å². The molecule has 9 N–H and O–H groups in total. The average molecular weight is 505 g/mol. The molecule has 1 heterocycles. The summed E-state index contributed by atoms with van der Waals surface area (Å²) in [5.74, 6) is -4.89. The van der Waals surface area contributed by atoms with E-state index >= 15 is 0 Å². The Morgan fingerprint density at radius 2 is 1.67 bits per heavy atom. The topological polar surface area (TPSA) is 228 Å². The van der Waals surface area contributed by atoms with Gasteiger partial charge >= 0.3 is 5.97 Å². The van der Waals surface area contributed by atoms with Crippen LogP contribution in [-0.2, 0) is 35.2 Å². The van der Waals surface area contributed by atoms with E-state index in [2.05, 4.69) is 10.6 Å². The number of nitrogens with two attached hydrogens (primary N) is 3. The molecule has 4 unspecified atom stereocenters. The molecule has 0 saturated carbocycles. The van der Waals surface area contributed by atoms with Crippen LogP contribution in [0.25, 0.3) is 0 Å². The van der Waals surface area contributed by atoms with Gasteiger partial charge in [0.05, 0.1) is 12.5 Å². The van der Waals surface area contributed by atoms with Crippen molar-refractivity contribution in [3.05, 3.63) is 35.9 Å². The summed E-state index contributed by atoms with van der Waals surface area (Å²) in [5, 5.41) is 14.2. The molecule has 2 rings (SSSR count). The lowest BCUT2D eigenvalue weighted by atomic mass is 10.0. The summed E-state index contributed by atoms with van der Waals surface area (Å²) in [7, 11) is 0. The Kier molecular flexibility index (Phi) is 10.3. The van der Waals surface area contributed by atoms with Crippen molar-refractivity contribution in [2.45, 2.75) is 62.7 Å². The van der Waals surface area contributed by atoms with Crippen LogP contribution in [0.15, 0.2) is 30.3 Å². The van der Waals surface area contributed by atoms with Crippen molar-refractivity contribution in [1.29, 1.82) is 0 Å². The van der Waals surface area contributed by atoms with E-state index in [1.165, 1.54) is 4.90 Å². The molecule has 1 aliphatic rings. The third kappa shape index (κ3) is 8.34. The molecule has 1 aromatic rings. The van der Waals surface area contributed by atoms with Gasteiger partial charge in [-0.25, -0.2) is 4.79 Å². The molecular weight excluding hydrogens is 472 g/mol. The third-order valence-electron chi connectivity index (χ3n) is 5.79. The fourth-order valence-corrected chi connectivity index (χ4v) is 3.93. The maximum Gasteiger partial charge on any atom is 0.326 e. The Morgan fingerprint density at radius 3 is 2.25 bits per heavy atom. The van der Waals surface area contributed by atoms with Gasteiger partial charge in [-0.15, -0.1) is 0 Å². The second kappa shape index (κ2) is 13.2. The molecule has 1 aliphatic heterocycles. The zero-order valence-electron chi connectivity index (χ0n) is 19.7. The minimum atomic E-state index is -1.53. The van der Waals surface area contributed by atoms with Crippen LogP contribution in [0.2, 0.25) is 0 Å². The second-order valence-corrected chi connectivity index (χ2v) is 8.62. The molecular formula is C23H32N6O7. The monoisotopic (exact) mass is 504 g/mol. The smallest absolute Gasteiger partial charge is 0.326 e. The van der Waals surface area contributed by atoms with Gasteiger partial charge in [0.1, 0.15) is 18.1 Å². The number of carboxylic acid groups (broad SMARTS) is 1. The van der Waals surface area contributed by atoms with Gasteiger partial charge in [0.15, 0.2) is 0 Å². The lowest BCUT2D eigenvalue weighted by Gasteiger charge is -2.30. The maximum absolute atomic E-state index is 13.5. The molecule has 0 aliphatic carbocycles. The Hall–Kier alpha value is -4.00. The van der Waals surface area contributed by atoms with Crippen LogP contribution < -0.4 is 27.8 Å². The van der Waals surface area contributed by atoms with Crippen molar-refractivity contribution in [1.82, 2.24) is 15.5 Å². The van der Waals surface area contributed by atoms with Gasteiger partial charge in [0, 0.05) is 19.4 Å². The molecule has 0 bridgehead atoms. The minimum Gasteiger partial charge on any atom is -0.480 e. The maximum atomic E-state index is 13.5. The lowest BCUT2D eigenvalue weighted by molar-refractivity contribution is -0.145. The van der Waals surface area contributed by atoms with E-state index in [0.717, 1.165) is 5.56 Å². The molecule has 36 heavy (non-hydrogen) atoms. The highest BCUT2D eigenvalue weighted by molar-refractivity contribution is 5.95. The molecule has 0 spiro atoms. The number of hydrogen-bond acceptors (Lipinski definition) is 7. The molecule has 1 fully saturated rings. The number of aliphatic carboxylic acids is 1. The number of hydrogen-bond donors (Lipinski definition) is 6. The van der Waals surface area contributed by atoms with Crippen molar-refractivity contribution in [3.63, 3.8) is 0 Å². The Morgan fingerprint density at radius 1 is 1.00 bits per heavy atom. The number of nitrogens with one attached hydrogen (secondary N) is 2. The fraction of sp³-hybridized carbons (Fsp3) is 0.478. The standard InChI is InChI=1S/C23H32N6O7/c24-14(8-9-18(25)30)20(32)27-15(11-13-5-2-1-3-6-13)22(34)29-10-4-7-17(29)21(33)28-16(23(35)36)12-19(26)31/h1-3,5-6,14-17H,4,7-12,24H2,(H2,25,30)(H2,26,31)(H,27,32)(H,28,33)(H,35,36). The number of amides is 5. The van der Waals surface area contributed by atoms with Gasteiger partial charge < -0.3 is 37.8 Å². The summed E-state index contributed by atoms with van der Waals surface area (Å²) in [6.45, 7) is 0.208. The van der Waals surface area contributed by atoms with Crippen molar-refractivity contribution >= 4 is 35.5 Å². The SMILES string of the molecule is NC(=O)CCC(N)C(=O)NC(Cc1ccccc1)C(=O)N1CCCC1C(=O)NC(CC(N)=O)C(=O)O. The first-order chi connectivity index (χ1) is 17.0. The minimum absolute atomic E-state index is 0.00139. The molecule has 1 aromatic carbocycles. The van der Waals surface area contributed by atoms with E-state index < -0.39 is 66.1 Å². The van der Waals surface area contributed by atoms with Gasteiger partial charge in [-0.1, -0.05) is 30.3 Å². The first kappa shape index (κ1) is 28.2. The summed E-state index contributed by atoms with van der Waals surface area (Å²) < 4.78 is 0. The molecule has 196 valence electrons.